The van der Waals surface area contributed by atoms with Crippen molar-refractivity contribution in [1.29, 1.82) is 0 Å². The largest absolute Gasteiger partial charge is 0.395 e. The summed E-state index contributed by atoms with van der Waals surface area (Å²) in [6.45, 7) is -0.432. The van der Waals surface area contributed by atoms with Gasteiger partial charge >= 0.3 is 0 Å². The average molecular weight is 310 g/mol. The van der Waals surface area contributed by atoms with E-state index < -0.39 is 34.2 Å². The molecule has 0 amide bonds. The number of aliphatic hydroxyl groups is 1. The van der Waals surface area contributed by atoms with E-state index in [4.69, 9.17) is 5.73 Å². The number of para-hydroxylation sites is 1. The molecule has 0 aromatic heterocycles. The predicted octanol–water partition coefficient (Wildman–Crippen LogP) is 1.42. The second-order valence-corrected chi connectivity index (χ2v) is 6.10. The van der Waals surface area contributed by atoms with Crippen molar-refractivity contribution in [2.75, 3.05) is 12.3 Å². The van der Waals surface area contributed by atoms with Crippen LogP contribution in [0.1, 0.15) is 11.6 Å². The molecule has 0 bridgehead atoms. The predicted molar refractivity (Wildman–Crippen MR) is 77.4 cm³/mol. The third-order valence-corrected chi connectivity index (χ3v) is 4.51. The van der Waals surface area contributed by atoms with Gasteiger partial charge in [0, 0.05) is 0 Å². The van der Waals surface area contributed by atoms with Crippen molar-refractivity contribution in [3.05, 3.63) is 59.9 Å². The Kier molecular flexibility index (Phi) is 4.56. The monoisotopic (exact) mass is 310 g/mol. The molecule has 2 aromatic rings. The maximum Gasteiger partial charge on any atom is 0.243 e. The van der Waals surface area contributed by atoms with E-state index in [9.17, 15) is 17.9 Å². The second kappa shape index (κ2) is 6.21. The molecule has 2 rings (SSSR count). The number of halogens is 1. The third-order valence-electron chi connectivity index (χ3n) is 2.98. The van der Waals surface area contributed by atoms with E-state index in [2.05, 4.69) is 4.72 Å². The molecule has 0 spiro atoms. The van der Waals surface area contributed by atoms with Gasteiger partial charge in [-0.05, 0) is 17.7 Å². The van der Waals surface area contributed by atoms with Gasteiger partial charge in [0.15, 0.2) is 0 Å². The van der Waals surface area contributed by atoms with Crippen LogP contribution in [0.3, 0.4) is 0 Å². The van der Waals surface area contributed by atoms with E-state index in [1.807, 2.05) is 0 Å². The Morgan fingerprint density at radius 2 is 1.81 bits per heavy atom. The molecule has 4 N–H and O–H groups in total. The van der Waals surface area contributed by atoms with Crippen LogP contribution in [0.25, 0.3) is 0 Å². The number of sulfonamides is 1. The molecule has 21 heavy (non-hydrogen) atoms. The highest BCUT2D eigenvalue weighted by Gasteiger charge is 2.24. The van der Waals surface area contributed by atoms with Crippen LogP contribution >= 0.6 is 0 Å². The fraction of sp³-hybridized carbons (Fsp3) is 0.143. The number of benzene rings is 2. The normalized spacial score (nSPS) is 13.0. The lowest BCUT2D eigenvalue weighted by Gasteiger charge is -2.17. The number of nitrogens with one attached hydrogen (secondary N) is 1. The Labute approximate surface area is 122 Å². The fourth-order valence-corrected chi connectivity index (χ4v) is 3.26. The lowest BCUT2D eigenvalue weighted by molar-refractivity contribution is 0.259. The van der Waals surface area contributed by atoms with Crippen LogP contribution in [0.4, 0.5) is 10.1 Å². The first-order chi connectivity index (χ1) is 9.95. The number of aliphatic hydroxyl groups excluding tert-OH is 1. The summed E-state index contributed by atoms with van der Waals surface area (Å²) in [6, 6.07) is 11.3. The summed E-state index contributed by atoms with van der Waals surface area (Å²) in [5.74, 6) is -0.807. The van der Waals surface area contributed by atoms with Crippen LogP contribution in [-0.4, -0.2) is 20.1 Å². The number of rotatable bonds is 5. The van der Waals surface area contributed by atoms with Crippen LogP contribution < -0.4 is 10.5 Å². The molecule has 1 unspecified atom stereocenters. The zero-order valence-corrected chi connectivity index (χ0v) is 11.8. The molecule has 5 nitrogen and oxygen atoms in total. The Balaban J connectivity index is 2.34. The average Bonchev–Trinajstić information content (AvgIpc) is 2.48. The highest BCUT2D eigenvalue weighted by Crippen LogP contribution is 2.23. The fourth-order valence-electron chi connectivity index (χ4n) is 1.90. The highest BCUT2D eigenvalue weighted by atomic mass is 32.2. The van der Waals surface area contributed by atoms with Crippen LogP contribution in [0.2, 0.25) is 0 Å². The summed E-state index contributed by atoms with van der Waals surface area (Å²) >= 11 is 0. The molecule has 0 aliphatic rings. The van der Waals surface area contributed by atoms with Crippen LogP contribution in [0, 0.1) is 5.82 Å². The lowest BCUT2D eigenvalue weighted by atomic mass is 10.1. The summed E-state index contributed by atoms with van der Waals surface area (Å²) in [4.78, 5) is -0.350. The van der Waals surface area contributed by atoms with Crippen molar-refractivity contribution < 1.29 is 17.9 Å². The number of nitrogen functional groups attached to an aromatic ring is 1. The van der Waals surface area contributed by atoms with Crippen LogP contribution in [-0.2, 0) is 10.0 Å². The quantitative estimate of drug-likeness (QED) is 0.728. The van der Waals surface area contributed by atoms with E-state index in [1.165, 1.54) is 12.1 Å². The zero-order chi connectivity index (χ0) is 15.5. The number of anilines is 1. The van der Waals surface area contributed by atoms with E-state index >= 15 is 0 Å². The maximum absolute atomic E-state index is 13.4. The molecular weight excluding hydrogens is 295 g/mol. The smallest absolute Gasteiger partial charge is 0.243 e. The first-order valence-corrected chi connectivity index (χ1v) is 7.66. The van der Waals surface area contributed by atoms with Crippen molar-refractivity contribution in [3.8, 4) is 0 Å². The van der Waals surface area contributed by atoms with Gasteiger partial charge in [-0.2, -0.15) is 0 Å². The van der Waals surface area contributed by atoms with Crippen LogP contribution in [0.15, 0.2) is 53.4 Å². The van der Waals surface area contributed by atoms with E-state index in [0.717, 1.165) is 6.07 Å². The summed E-state index contributed by atoms with van der Waals surface area (Å²) in [5, 5.41) is 9.38. The third kappa shape index (κ3) is 3.38. The van der Waals surface area contributed by atoms with Crippen molar-refractivity contribution in [2.24, 2.45) is 0 Å². The topological polar surface area (TPSA) is 92.4 Å². The molecular formula is C14H15FN2O3S. The standard InChI is InChI=1S/C14H15FN2O3S/c15-11-7-4-8-13(14(11)16)21(19,20)17-12(9-18)10-5-2-1-3-6-10/h1-8,12,17-18H,9,16H2. The molecule has 0 heterocycles. The molecule has 0 aliphatic heterocycles. The maximum atomic E-state index is 13.4. The SMILES string of the molecule is Nc1c(F)cccc1S(=O)(=O)NC(CO)c1ccccc1. The van der Waals surface area contributed by atoms with Crippen molar-refractivity contribution in [3.63, 3.8) is 0 Å². The molecule has 1 atom stereocenters. The Morgan fingerprint density at radius 3 is 2.43 bits per heavy atom. The number of hydrogen-bond donors (Lipinski definition) is 3. The van der Waals surface area contributed by atoms with Crippen LogP contribution in [0.5, 0.6) is 0 Å². The van der Waals surface area contributed by atoms with Gasteiger partial charge in [0.25, 0.3) is 0 Å². The van der Waals surface area contributed by atoms with E-state index in [0.29, 0.717) is 5.56 Å². The van der Waals surface area contributed by atoms with Gasteiger partial charge in [-0.15, -0.1) is 0 Å². The Bertz CT molecular complexity index is 720. The van der Waals surface area contributed by atoms with Crippen molar-refractivity contribution >= 4 is 15.7 Å². The first kappa shape index (κ1) is 15.4. The Morgan fingerprint density at radius 1 is 1.14 bits per heavy atom. The van der Waals surface area contributed by atoms with Gasteiger partial charge in [-0.25, -0.2) is 17.5 Å². The Hall–Kier alpha value is -1.96. The van der Waals surface area contributed by atoms with Gasteiger partial charge < -0.3 is 10.8 Å². The molecule has 0 saturated carbocycles. The summed E-state index contributed by atoms with van der Waals surface area (Å²) in [6.07, 6.45) is 0. The highest BCUT2D eigenvalue weighted by molar-refractivity contribution is 7.89. The minimum Gasteiger partial charge on any atom is -0.395 e. The summed E-state index contributed by atoms with van der Waals surface area (Å²) in [7, 11) is -4.05. The van der Waals surface area contributed by atoms with Gasteiger partial charge in [0.1, 0.15) is 10.7 Å². The zero-order valence-electron chi connectivity index (χ0n) is 11.0. The summed E-state index contributed by atoms with van der Waals surface area (Å²) in [5.41, 5.74) is 5.61. The molecule has 112 valence electrons. The summed E-state index contributed by atoms with van der Waals surface area (Å²) < 4.78 is 40.3. The van der Waals surface area contributed by atoms with Gasteiger partial charge in [-0.3, -0.25) is 0 Å². The number of hydrogen-bond acceptors (Lipinski definition) is 4. The lowest BCUT2D eigenvalue weighted by Crippen LogP contribution is -2.31. The van der Waals surface area contributed by atoms with Crippen molar-refractivity contribution in [2.45, 2.75) is 10.9 Å². The van der Waals surface area contributed by atoms with E-state index in [-0.39, 0.29) is 4.90 Å². The molecule has 0 aliphatic carbocycles. The van der Waals surface area contributed by atoms with Gasteiger partial charge in [0.05, 0.1) is 18.3 Å². The first-order valence-electron chi connectivity index (χ1n) is 6.18. The van der Waals surface area contributed by atoms with E-state index in [1.54, 1.807) is 30.3 Å². The van der Waals surface area contributed by atoms with Gasteiger partial charge in [-0.1, -0.05) is 36.4 Å². The molecule has 0 saturated heterocycles. The molecule has 7 heteroatoms. The molecule has 2 aromatic carbocycles. The second-order valence-electron chi connectivity index (χ2n) is 4.42. The minimum absolute atomic E-state index is 0.350. The minimum atomic E-state index is -4.05. The van der Waals surface area contributed by atoms with Crippen molar-refractivity contribution in [1.82, 2.24) is 4.72 Å². The van der Waals surface area contributed by atoms with Gasteiger partial charge in [0.2, 0.25) is 10.0 Å². The number of nitrogens with two attached hydrogens (primary N) is 1. The molecule has 0 radical (unpaired) electrons. The molecule has 0 fully saturated rings.